The number of carboxylic acid groups (broad SMARTS) is 2. The second kappa shape index (κ2) is 33.7. The number of amides is 2. The van der Waals surface area contributed by atoms with E-state index in [4.69, 9.17) is 25.4 Å². The quantitative estimate of drug-likeness (QED) is 0.0678. The standard InChI is InChI=1S/C19H37NO3.C11H19NO6/c20-18(21)16-14-12-10-8-6-4-2-1-3-5-7-9-11-13-15-17-19(22)23;13-5-2-1-3-10(14)12-4-6-17-7-8-18-9-11(15)16/h1-17H2,(H2,20,21)(H,22,23);5H,1-4,6-9H2,(H,12,14)(H,15,16). The van der Waals surface area contributed by atoms with Gasteiger partial charge < -0.3 is 35.5 Å². The topological polar surface area (TPSA) is 182 Å². The molecule has 0 radical (unpaired) electrons. The van der Waals surface area contributed by atoms with E-state index in [1.165, 1.54) is 70.6 Å². The molecule has 0 bridgehead atoms. The Hall–Kier alpha value is -2.53. The Morgan fingerprint density at radius 3 is 1.49 bits per heavy atom. The third-order valence-electron chi connectivity index (χ3n) is 6.21. The molecular weight excluding hydrogens is 532 g/mol. The number of nitrogens with two attached hydrogens (primary N) is 1. The van der Waals surface area contributed by atoms with Crippen molar-refractivity contribution >= 4 is 30.0 Å². The van der Waals surface area contributed by atoms with Gasteiger partial charge >= 0.3 is 11.9 Å². The van der Waals surface area contributed by atoms with E-state index < -0.39 is 11.9 Å². The summed E-state index contributed by atoms with van der Waals surface area (Å²) >= 11 is 0. The highest BCUT2D eigenvalue weighted by molar-refractivity contribution is 5.76. The Labute approximate surface area is 246 Å². The largest absolute Gasteiger partial charge is 0.481 e. The van der Waals surface area contributed by atoms with Crippen LogP contribution in [0, 0.1) is 0 Å². The number of rotatable bonds is 30. The number of aldehydes is 1. The third kappa shape index (κ3) is 42.1. The van der Waals surface area contributed by atoms with Gasteiger partial charge in [0.2, 0.25) is 11.8 Å². The number of hydrogen-bond acceptors (Lipinski definition) is 7. The molecule has 41 heavy (non-hydrogen) atoms. The average Bonchev–Trinajstić information content (AvgIpc) is 2.92. The lowest BCUT2D eigenvalue weighted by Gasteiger charge is -2.06. The van der Waals surface area contributed by atoms with Gasteiger partial charge in [0, 0.05) is 32.2 Å². The molecule has 0 aliphatic carbocycles. The van der Waals surface area contributed by atoms with Crippen molar-refractivity contribution < 1.29 is 43.7 Å². The van der Waals surface area contributed by atoms with Gasteiger partial charge in [0.25, 0.3) is 0 Å². The van der Waals surface area contributed by atoms with Crippen LogP contribution in [0.2, 0.25) is 0 Å². The van der Waals surface area contributed by atoms with Crippen LogP contribution in [0.4, 0.5) is 0 Å². The first-order valence-corrected chi connectivity index (χ1v) is 15.4. The zero-order valence-electron chi connectivity index (χ0n) is 25.1. The number of carbonyl (C=O) groups is 5. The van der Waals surface area contributed by atoms with Crippen molar-refractivity contribution in [3.63, 3.8) is 0 Å². The highest BCUT2D eigenvalue weighted by Gasteiger charge is 2.01. The van der Waals surface area contributed by atoms with E-state index in [1.807, 2.05) is 0 Å². The Morgan fingerprint density at radius 1 is 0.585 bits per heavy atom. The van der Waals surface area contributed by atoms with Crippen molar-refractivity contribution in [2.45, 2.75) is 128 Å². The molecule has 11 nitrogen and oxygen atoms in total. The minimum absolute atomic E-state index is 0.109. The number of carboxylic acids is 2. The molecule has 0 saturated carbocycles. The first-order valence-electron chi connectivity index (χ1n) is 15.4. The first-order chi connectivity index (χ1) is 19.8. The van der Waals surface area contributed by atoms with Crippen LogP contribution >= 0.6 is 0 Å². The SMILES string of the molecule is NC(=O)CCCCCCCCCCCCCCCCCC(=O)O.O=CCCCC(=O)NCCOCCOCC(=O)O. The maximum Gasteiger partial charge on any atom is 0.329 e. The molecule has 0 aromatic heterocycles. The lowest BCUT2D eigenvalue weighted by molar-refractivity contribution is -0.143. The highest BCUT2D eigenvalue weighted by atomic mass is 16.5. The fourth-order valence-electron chi connectivity index (χ4n) is 3.95. The minimum Gasteiger partial charge on any atom is -0.481 e. The van der Waals surface area contributed by atoms with E-state index >= 15 is 0 Å². The third-order valence-corrected chi connectivity index (χ3v) is 6.21. The Bertz CT molecular complexity index is 632. The summed E-state index contributed by atoms with van der Waals surface area (Å²) < 4.78 is 9.85. The molecule has 0 aliphatic heterocycles. The van der Waals surface area contributed by atoms with Gasteiger partial charge in [0.1, 0.15) is 12.9 Å². The lowest BCUT2D eigenvalue weighted by atomic mass is 10.0. The summed E-state index contributed by atoms with van der Waals surface area (Å²) in [6, 6.07) is 0. The van der Waals surface area contributed by atoms with Gasteiger partial charge in [-0.15, -0.1) is 0 Å². The normalized spacial score (nSPS) is 10.4. The van der Waals surface area contributed by atoms with Crippen molar-refractivity contribution in [2.24, 2.45) is 5.73 Å². The molecular formula is C30H56N2O9. The molecule has 0 spiro atoms. The summed E-state index contributed by atoms with van der Waals surface area (Å²) in [6.45, 7) is 0.888. The molecule has 0 aromatic rings. The molecule has 0 rings (SSSR count). The number of primary amides is 1. The summed E-state index contributed by atoms with van der Waals surface area (Å²) in [7, 11) is 0. The van der Waals surface area contributed by atoms with Crippen LogP contribution in [0.25, 0.3) is 0 Å². The van der Waals surface area contributed by atoms with Gasteiger partial charge in [-0.2, -0.15) is 0 Å². The molecule has 0 atom stereocenters. The second-order valence-electron chi connectivity index (χ2n) is 10.1. The van der Waals surface area contributed by atoms with Crippen LogP contribution in [0.3, 0.4) is 0 Å². The maximum absolute atomic E-state index is 11.2. The predicted molar refractivity (Wildman–Crippen MR) is 158 cm³/mol. The summed E-state index contributed by atoms with van der Waals surface area (Å²) in [6.07, 6.45) is 21.2. The molecule has 0 saturated heterocycles. The molecule has 0 aliphatic rings. The number of nitrogens with one attached hydrogen (secondary N) is 1. The van der Waals surface area contributed by atoms with Crippen molar-refractivity contribution in [3.8, 4) is 0 Å². The van der Waals surface area contributed by atoms with Crippen molar-refractivity contribution in [2.75, 3.05) is 33.0 Å². The van der Waals surface area contributed by atoms with Gasteiger partial charge in [-0.1, -0.05) is 83.5 Å². The van der Waals surface area contributed by atoms with Gasteiger partial charge in [0.15, 0.2) is 0 Å². The van der Waals surface area contributed by atoms with Crippen molar-refractivity contribution in [1.82, 2.24) is 5.32 Å². The molecule has 11 heteroatoms. The fourth-order valence-corrected chi connectivity index (χ4v) is 3.95. The van der Waals surface area contributed by atoms with E-state index in [9.17, 15) is 24.0 Å². The maximum atomic E-state index is 11.2. The highest BCUT2D eigenvalue weighted by Crippen LogP contribution is 2.14. The Morgan fingerprint density at radius 2 is 1.05 bits per heavy atom. The number of unbranched alkanes of at least 4 members (excludes halogenated alkanes) is 15. The van der Waals surface area contributed by atoms with Gasteiger partial charge in [-0.3, -0.25) is 14.4 Å². The van der Waals surface area contributed by atoms with Crippen molar-refractivity contribution in [3.05, 3.63) is 0 Å². The average molecular weight is 589 g/mol. The number of ether oxygens (including phenoxy) is 2. The van der Waals surface area contributed by atoms with Crippen LogP contribution in [-0.2, 0) is 33.4 Å². The molecule has 0 fully saturated rings. The summed E-state index contributed by atoms with van der Waals surface area (Å²) in [5.74, 6) is -1.97. The van der Waals surface area contributed by atoms with E-state index in [1.54, 1.807) is 0 Å². The van der Waals surface area contributed by atoms with Crippen LogP contribution in [0.5, 0.6) is 0 Å². The monoisotopic (exact) mass is 588 g/mol. The fraction of sp³-hybridized carbons (Fsp3) is 0.833. The zero-order chi connectivity index (χ0) is 30.8. The van der Waals surface area contributed by atoms with E-state index in [0.29, 0.717) is 45.3 Å². The van der Waals surface area contributed by atoms with Crippen molar-refractivity contribution in [1.29, 1.82) is 0 Å². The summed E-state index contributed by atoms with van der Waals surface area (Å²) in [5, 5.41) is 19.4. The van der Waals surface area contributed by atoms with Gasteiger partial charge in [-0.25, -0.2) is 4.79 Å². The van der Waals surface area contributed by atoms with Gasteiger partial charge in [-0.05, 0) is 19.3 Å². The summed E-state index contributed by atoms with van der Waals surface area (Å²) in [4.78, 5) is 52.2. The Kier molecular flexibility index (Phi) is 33.4. The Balaban J connectivity index is 0. The van der Waals surface area contributed by atoms with E-state index in [-0.39, 0.29) is 31.6 Å². The number of hydrogen-bond donors (Lipinski definition) is 4. The van der Waals surface area contributed by atoms with Crippen LogP contribution < -0.4 is 11.1 Å². The molecule has 0 heterocycles. The van der Waals surface area contributed by atoms with E-state index in [0.717, 1.165) is 32.0 Å². The lowest BCUT2D eigenvalue weighted by Crippen LogP contribution is -2.27. The second-order valence-corrected chi connectivity index (χ2v) is 10.1. The van der Waals surface area contributed by atoms with Crippen LogP contribution in [-0.4, -0.2) is 73.2 Å². The molecule has 0 unspecified atom stereocenters. The molecule has 0 aromatic carbocycles. The molecule has 5 N–H and O–H groups in total. The number of carbonyl (C=O) groups excluding carboxylic acids is 3. The zero-order valence-corrected chi connectivity index (χ0v) is 25.1. The number of aliphatic carboxylic acids is 2. The smallest absolute Gasteiger partial charge is 0.329 e. The first kappa shape index (κ1) is 40.6. The molecule has 2 amide bonds. The molecule has 240 valence electrons. The minimum atomic E-state index is -1.02. The summed E-state index contributed by atoms with van der Waals surface area (Å²) in [5.41, 5.74) is 5.10. The van der Waals surface area contributed by atoms with Crippen LogP contribution in [0.15, 0.2) is 0 Å². The van der Waals surface area contributed by atoms with Crippen LogP contribution in [0.1, 0.15) is 128 Å². The predicted octanol–water partition coefficient (Wildman–Crippen LogP) is 4.78. The van der Waals surface area contributed by atoms with E-state index in [2.05, 4.69) is 5.32 Å². The van der Waals surface area contributed by atoms with Gasteiger partial charge in [0.05, 0.1) is 19.8 Å².